The van der Waals surface area contributed by atoms with Crippen molar-refractivity contribution in [2.24, 2.45) is 4.99 Å². The zero-order valence-corrected chi connectivity index (χ0v) is 27.1. The van der Waals surface area contributed by atoms with Crippen molar-refractivity contribution < 1.29 is 9.66 Å². The highest BCUT2D eigenvalue weighted by atomic mass is 79.9. The molecule has 0 N–H and O–H groups in total. The molecule has 5 aromatic rings. The molecule has 0 saturated carbocycles. The van der Waals surface area contributed by atoms with Crippen LogP contribution < -0.4 is 19.6 Å². The van der Waals surface area contributed by atoms with Crippen LogP contribution in [0.15, 0.2) is 102 Å². The molecule has 43 heavy (non-hydrogen) atoms. The van der Waals surface area contributed by atoms with Gasteiger partial charge in [0.2, 0.25) is 0 Å². The number of halogens is 2. The van der Waals surface area contributed by atoms with Gasteiger partial charge in [-0.1, -0.05) is 41.7 Å². The quantitative estimate of drug-likeness (QED) is 0.135. The molecule has 0 fully saturated rings. The van der Waals surface area contributed by atoms with Crippen LogP contribution in [-0.2, 0) is 13.0 Å². The number of hydrogen-bond donors (Lipinski definition) is 0. The molecular formula is C32H21Br2N3O4S2. The fraction of sp³-hybridized carbons (Fsp3) is 0.125. The van der Waals surface area contributed by atoms with Gasteiger partial charge in [0.15, 0.2) is 4.80 Å². The number of rotatable bonds is 6. The van der Waals surface area contributed by atoms with Gasteiger partial charge in [-0.2, -0.15) is 0 Å². The number of nitro benzene ring substituents is 1. The minimum Gasteiger partial charge on any atom is -0.487 e. The van der Waals surface area contributed by atoms with E-state index in [9.17, 15) is 14.9 Å². The number of hydrogen-bond acceptors (Lipinski definition) is 7. The molecule has 11 heteroatoms. The van der Waals surface area contributed by atoms with Crippen molar-refractivity contribution in [3.8, 4) is 5.75 Å². The fourth-order valence-electron chi connectivity index (χ4n) is 5.54. The first-order valence-corrected chi connectivity index (χ1v) is 16.7. The third-order valence-corrected chi connectivity index (χ3v) is 10.6. The summed E-state index contributed by atoms with van der Waals surface area (Å²) >= 11 is 10.3. The normalized spacial score (nSPS) is 15.9. The molecule has 0 amide bonds. The zero-order chi connectivity index (χ0) is 29.7. The van der Waals surface area contributed by atoms with E-state index >= 15 is 0 Å². The van der Waals surface area contributed by atoms with Crippen LogP contribution in [0.4, 0.5) is 5.69 Å². The molecular weight excluding hydrogens is 714 g/mol. The number of thiophene rings is 1. The predicted octanol–water partition coefficient (Wildman–Crippen LogP) is 7.39. The summed E-state index contributed by atoms with van der Waals surface area (Å²) in [5, 5.41) is 13.0. The molecule has 7 nitrogen and oxygen atoms in total. The molecule has 0 radical (unpaired) electrons. The number of fused-ring (bicyclic) bond motifs is 3. The van der Waals surface area contributed by atoms with E-state index in [4.69, 9.17) is 9.73 Å². The summed E-state index contributed by atoms with van der Waals surface area (Å²) in [6.45, 7) is 0.240. The van der Waals surface area contributed by atoms with Crippen LogP contribution in [0.2, 0.25) is 0 Å². The Morgan fingerprint density at radius 3 is 2.53 bits per heavy atom. The molecule has 2 aliphatic rings. The number of non-ortho nitro benzene ring substituents is 1. The lowest BCUT2D eigenvalue weighted by Crippen LogP contribution is -2.38. The second-order valence-electron chi connectivity index (χ2n) is 10.2. The van der Waals surface area contributed by atoms with Crippen molar-refractivity contribution in [2.45, 2.75) is 25.5 Å². The first kappa shape index (κ1) is 28.1. The minimum absolute atomic E-state index is 0.0347. The maximum absolute atomic E-state index is 14.0. The Kier molecular flexibility index (Phi) is 7.50. The van der Waals surface area contributed by atoms with Crippen molar-refractivity contribution in [2.75, 3.05) is 0 Å². The van der Waals surface area contributed by atoms with Gasteiger partial charge < -0.3 is 4.74 Å². The monoisotopic (exact) mass is 733 g/mol. The Bertz CT molecular complexity index is 2090. The second kappa shape index (κ2) is 11.5. The van der Waals surface area contributed by atoms with Crippen LogP contribution >= 0.6 is 54.5 Å². The van der Waals surface area contributed by atoms with E-state index < -0.39 is 4.92 Å². The molecule has 2 aromatic heterocycles. The summed E-state index contributed by atoms with van der Waals surface area (Å²) < 4.78 is 9.92. The first-order chi connectivity index (χ1) is 20.9. The highest BCUT2D eigenvalue weighted by molar-refractivity contribution is 9.11. The lowest BCUT2D eigenvalue weighted by molar-refractivity contribution is -0.384. The van der Waals surface area contributed by atoms with Crippen molar-refractivity contribution in [1.29, 1.82) is 0 Å². The van der Waals surface area contributed by atoms with Gasteiger partial charge in [-0.3, -0.25) is 19.5 Å². The number of benzene rings is 3. The van der Waals surface area contributed by atoms with Gasteiger partial charge in [-0.05, 0) is 109 Å². The van der Waals surface area contributed by atoms with E-state index in [2.05, 4.69) is 67.6 Å². The molecule has 7 rings (SSSR count). The van der Waals surface area contributed by atoms with Gasteiger partial charge >= 0.3 is 0 Å². The van der Waals surface area contributed by atoms with Crippen LogP contribution in [0.1, 0.15) is 39.6 Å². The molecule has 0 saturated heterocycles. The third-order valence-electron chi connectivity index (χ3n) is 7.53. The van der Waals surface area contributed by atoms with Crippen LogP contribution in [0.25, 0.3) is 11.8 Å². The topological polar surface area (TPSA) is 86.7 Å². The van der Waals surface area contributed by atoms with Gasteiger partial charge in [-0.25, -0.2) is 4.99 Å². The second-order valence-corrected chi connectivity index (χ2v) is 13.9. The number of ether oxygens (including phenoxy) is 1. The minimum atomic E-state index is -0.428. The molecule has 3 heterocycles. The Labute approximate surface area is 270 Å². The Morgan fingerprint density at radius 2 is 1.81 bits per heavy atom. The molecule has 1 aliphatic heterocycles. The van der Waals surface area contributed by atoms with Crippen molar-refractivity contribution in [3.05, 3.63) is 150 Å². The molecule has 3 aromatic carbocycles. The van der Waals surface area contributed by atoms with E-state index in [1.165, 1.54) is 34.6 Å². The predicted molar refractivity (Wildman–Crippen MR) is 176 cm³/mol. The summed E-state index contributed by atoms with van der Waals surface area (Å²) in [6.07, 6.45) is 3.68. The lowest BCUT2D eigenvalue weighted by Gasteiger charge is -2.30. The van der Waals surface area contributed by atoms with E-state index in [-0.39, 0.29) is 23.9 Å². The van der Waals surface area contributed by atoms with E-state index in [1.807, 2.05) is 28.8 Å². The molecule has 214 valence electrons. The lowest BCUT2D eigenvalue weighted by atomic mass is 9.85. The SMILES string of the molecule is O=c1/c(=C\c2cc(Br)c(OCc3ccc([N+](=O)[O-])cc3)c(Br)c2)sc2n1[C@H](c1cccs1)C1=C(N=2)c2ccccc2CC1. The highest BCUT2D eigenvalue weighted by Crippen LogP contribution is 2.42. The maximum Gasteiger partial charge on any atom is 0.271 e. The third kappa shape index (κ3) is 5.24. The zero-order valence-electron chi connectivity index (χ0n) is 22.3. The summed E-state index contributed by atoms with van der Waals surface area (Å²) in [4.78, 5) is 31.4. The van der Waals surface area contributed by atoms with Gasteiger partial charge in [0, 0.05) is 22.6 Å². The van der Waals surface area contributed by atoms with Crippen LogP contribution in [0.5, 0.6) is 5.75 Å². The van der Waals surface area contributed by atoms with Gasteiger partial charge in [0.1, 0.15) is 12.4 Å². The van der Waals surface area contributed by atoms with Gasteiger partial charge in [0.05, 0.1) is 30.1 Å². The average Bonchev–Trinajstić information content (AvgIpc) is 3.64. The standard InChI is InChI=1S/C32H21Br2N3O4S2/c33-24-14-19(15-25(34)30(24)41-17-18-7-10-21(11-8-18)37(39)40)16-27-31(38)36-29(26-6-3-13-42-26)23-12-9-20-4-1-2-5-22(20)28(23)35-32(36)43-27/h1-8,10-11,13-16,29H,9,12,17H2/b27-16+/t29-/m0/s1. The summed E-state index contributed by atoms with van der Waals surface area (Å²) in [7, 11) is 0. The summed E-state index contributed by atoms with van der Waals surface area (Å²) in [5.41, 5.74) is 6.24. The number of allylic oxidation sites excluding steroid dienone is 1. The number of nitrogens with zero attached hydrogens (tertiary/aromatic N) is 3. The smallest absolute Gasteiger partial charge is 0.271 e. The molecule has 1 atom stereocenters. The number of nitro groups is 1. The van der Waals surface area contributed by atoms with E-state index in [1.54, 1.807) is 23.5 Å². The summed E-state index contributed by atoms with van der Waals surface area (Å²) in [5.74, 6) is 0.598. The summed E-state index contributed by atoms with van der Waals surface area (Å²) in [6, 6.07) is 22.5. The highest BCUT2D eigenvalue weighted by Gasteiger charge is 2.33. The Morgan fingerprint density at radius 1 is 1.05 bits per heavy atom. The van der Waals surface area contributed by atoms with Crippen LogP contribution in [-0.4, -0.2) is 9.49 Å². The van der Waals surface area contributed by atoms with Gasteiger partial charge in [0.25, 0.3) is 11.2 Å². The van der Waals surface area contributed by atoms with Crippen LogP contribution in [0.3, 0.4) is 0 Å². The molecule has 0 unspecified atom stereocenters. The molecule has 1 aliphatic carbocycles. The Balaban J connectivity index is 1.25. The van der Waals surface area contributed by atoms with E-state index in [0.29, 0.717) is 24.0 Å². The van der Waals surface area contributed by atoms with Crippen molar-refractivity contribution in [3.63, 3.8) is 0 Å². The van der Waals surface area contributed by atoms with Crippen molar-refractivity contribution in [1.82, 2.24) is 4.57 Å². The van der Waals surface area contributed by atoms with Gasteiger partial charge in [-0.15, -0.1) is 11.3 Å². The fourth-order valence-corrected chi connectivity index (χ4v) is 8.84. The van der Waals surface area contributed by atoms with E-state index in [0.717, 1.165) is 40.1 Å². The number of aryl methyl sites for hydroxylation is 1. The number of thiazole rings is 1. The molecule has 0 bridgehead atoms. The van der Waals surface area contributed by atoms with Crippen LogP contribution in [0, 0.1) is 10.1 Å². The van der Waals surface area contributed by atoms with Crippen molar-refractivity contribution >= 4 is 72.0 Å². The molecule has 0 spiro atoms. The first-order valence-electron chi connectivity index (χ1n) is 13.4. The maximum atomic E-state index is 14.0. The number of aromatic nitrogens is 1. The Hall–Kier alpha value is -3.64. The largest absolute Gasteiger partial charge is 0.487 e. The average molecular weight is 735 g/mol.